The smallest absolute Gasteiger partial charge is 0.257 e. The monoisotopic (exact) mass is 334 g/mol. The first-order chi connectivity index (χ1) is 12.2. The van der Waals surface area contributed by atoms with Gasteiger partial charge in [-0.15, -0.1) is 0 Å². The number of nitriles is 1. The minimum absolute atomic E-state index is 0.0410. The standard InChI is InChI=1S/C18H14N4O3/c19-9-12-3-1-4-13(7-12)18-20-17(21-25-18)14-8-16(23)22(10-14)11-15-5-2-6-24-15/h1-7,14H,8,10-11H2. The van der Waals surface area contributed by atoms with Gasteiger partial charge in [0.05, 0.1) is 24.4 Å². The third kappa shape index (κ3) is 3.02. The maximum Gasteiger partial charge on any atom is 0.257 e. The van der Waals surface area contributed by atoms with E-state index in [9.17, 15) is 4.79 Å². The summed E-state index contributed by atoms with van der Waals surface area (Å²) in [5, 5.41) is 13.0. The highest BCUT2D eigenvalue weighted by Crippen LogP contribution is 2.29. The summed E-state index contributed by atoms with van der Waals surface area (Å²) < 4.78 is 10.6. The van der Waals surface area contributed by atoms with Crippen LogP contribution in [0, 0.1) is 11.3 Å². The largest absolute Gasteiger partial charge is 0.467 e. The van der Waals surface area contributed by atoms with E-state index >= 15 is 0 Å². The number of benzene rings is 1. The molecule has 1 unspecified atom stereocenters. The summed E-state index contributed by atoms with van der Waals surface area (Å²) in [5.41, 5.74) is 1.22. The minimum Gasteiger partial charge on any atom is -0.467 e. The van der Waals surface area contributed by atoms with Gasteiger partial charge in [0.15, 0.2) is 5.82 Å². The summed E-state index contributed by atoms with van der Waals surface area (Å²) in [6.45, 7) is 0.966. The molecule has 4 rings (SSSR count). The normalized spacial score (nSPS) is 17.0. The molecule has 1 aliphatic rings. The molecule has 3 heterocycles. The van der Waals surface area contributed by atoms with E-state index in [4.69, 9.17) is 14.2 Å². The van der Waals surface area contributed by atoms with Gasteiger partial charge in [0.1, 0.15) is 5.76 Å². The summed E-state index contributed by atoms with van der Waals surface area (Å²) in [6, 6.07) is 12.7. The third-order valence-electron chi connectivity index (χ3n) is 4.19. The number of nitrogens with zero attached hydrogens (tertiary/aromatic N) is 4. The molecule has 7 heteroatoms. The molecule has 1 aromatic carbocycles. The average Bonchev–Trinajstić information content (AvgIpc) is 3.37. The first kappa shape index (κ1) is 15.1. The number of carbonyl (C=O) groups is 1. The summed E-state index contributed by atoms with van der Waals surface area (Å²) >= 11 is 0. The summed E-state index contributed by atoms with van der Waals surface area (Å²) in [5.74, 6) is 1.53. The first-order valence-electron chi connectivity index (χ1n) is 7.87. The molecule has 0 bridgehead atoms. The average molecular weight is 334 g/mol. The first-order valence-corrected chi connectivity index (χ1v) is 7.87. The third-order valence-corrected chi connectivity index (χ3v) is 4.19. The van der Waals surface area contributed by atoms with Gasteiger partial charge < -0.3 is 13.8 Å². The van der Waals surface area contributed by atoms with Gasteiger partial charge in [-0.05, 0) is 30.3 Å². The zero-order chi connectivity index (χ0) is 17.2. The Morgan fingerprint density at radius 2 is 2.24 bits per heavy atom. The number of amides is 1. The number of furan rings is 1. The molecule has 0 spiro atoms. The van der Waals surface area contributed by atoms with Crippen molar-refractivity contribution in [1.82, 2.24) is 15.0 Å². The van der Waals surface area contributed by atoms with E-state index in [-0.39, 0.29) is 11.8 Å². The molecule has 2 aromatic heterocycles. The number of rotatable bonds is 4. The quantitative estimate of drug-likeness (QED) is 0.728. The fourth-order valence-electron chi connectivity index (χ4n) is 2.93. The topological polar surface area (TPSA) is 96.2 Å². The Kier molecular flexibility index (Phi) is 3.78. The second-order valence-electron chi connectivity index (χ2n) is 5.91. The van der Waals surface area contributed by atoms with Crippen molar-refractivity contribution in [2.45, 2.75) is 18.9 Å². The van der Waals surface area contributed by atoms with E-state index in [1.54, 1.807) is 41.5 Å². The number of likely N-dealkylation sites (tertiary alicyclic amines) is 1. The Morgan fingerprint density at radius 1 is 1.32 bits per heavy atom. The number of carbonyl (C=O) groups excluding carboxylic acids is 1. The molecule has 0 saturated carbocycles. The van der Waals surface area contributed by atoms with E-state index in [0.717, 1.165) is 5.76 Å². The molecule has 124 valence electrons. The van der Waals surface area contributed by atoms with Crippen molar-refractivity contribution in [3.05, 3.63) is 59.8 Å². The van der Waals surface area contributed by atoms with Crippen LogP contribution in [0.4, 0.5) is 0 Å². The molecule has 25 heavy (non-hydrogen) atoms. The number of aromatic nitrogens is 2. The molecule has 0 N–H and O–H groups in total. The lowest BCUT2D eigenvalue weighted by molar-refractivity contribution is -0.128. The maximum atomic E-state index is 12.2. The van der Waals surface area contributed by atoms with E-state index in [2.05, 4.69) is 16.2 Å². The van der Waals surface area contributed by atoms with Crippen molar-refractivity contribution in [2.24, 2.45) is 0 Å². The molecule has 0 aliphatic carbocycles. The van der Waals surface area contributed by atoms with Gasteiger partial charge in [-0.3, -0.25) is 4.79 Å². The fourth-order valence-corrected chi connectivity index (χ4v) is 2.93. The van der Waals surface area contributed by atoms with Crippen LogP contribution in [0.15, 0.2) is 51.6 Å². The molecule has 1 aliphatic heterocycles. The van der Waals surface area contributed by atoms with Crippen molar-refractivity contribution in [1.29, 1.82) is 5.26 Å². The lowest BCUT2D eigenvalue weighted by Gasteiger charge is -2.13. The van der Waals surface area contributed by atoms with Crippen LogP contribution in [-0.4, -0.2) is 27.5 Å². The molecular formula is C18H14N4O3. The summed E-state index contributed by atoms with van der Waals surface area (Å²) in [6.07, 6.45) is 1.94. The Bertz CT molecular complexity index is 939. The highest BCUT2D eigenvalue weighted by atomic mass is 16.5. The van der Waals surface area contributed by atoms with Crippen LogP contribution in [0.2, 0.25) is 0 Å². The van der Waals surface area contributed by atoms with Gasteiger partial charge in [0.2, 0.25) is 5.91 Å². The maximum absolute atomic E-state index is 12.2. The van der Waals surface area contributed by atoms with Crippen LogP contribution in [0.5, 0.6) is 0 Å². The fraction of sp³-hybridized carbons (Fsp3) is 0.222. The molecule has 3 aromatic rings. The Labute approximate surface area is 143 Å². The lowest BCUT2D eigenvalue weighted by Crippen LogP contribution is -2.24. The number of hydrogen-bond donors (Lipinski definition) is 0. The molecule has 1 saturated heterocycles. The van der Waals surface area contributed by atoms with E-state index in [1.165, 1.54) is 0 Å². The second kappa shape index (κ2) is 6.24. The van der Waals surface area contributed by atoms with E-state index in [0.29, 0.717) is 42.4 Å². The van der Waals surface area contributed by atoms with E-state index < -0.39 is 0 Å². The van der Waals surface area contributed by atoms with Crippen molar-refractivity contribution < 1.29 is 13.7 Å². The molecule has 1 atom stereocenters. The Morgan fingerprint density at radius 3 is 3.04 bits per heavy atom. The van der Waals surface area contributed by atoms with Crippen LogP contribution in [0.3, 0.4) is 0 Å². The summed E-state index contributed by atoms with van der Waals surface area (Å²) in [7, 11) is 0. The van der Waals surface area contributed by atoms with E-state index in [1.807, 2.05) is 6.07 Å². The van der Waals surface area contributed by atoms with Crippen molar-refractivity contribution in [3.8, 4) is 17.5 Å². The molecule has 1 amide bonds. The van der Waals surface area contributed by atoms with Crippen molar-refractivity contribution in [2.75, 3.05) is 6.54 Å². The molecule has 7 nitrogen and oxygen atoms in total. The van der Waals surface area contributed by atoms with Gasteiger partial charge in [0.25, 0.3) is 5.89 Å². The van der Waals surface area contributed by atoms with Crippen LogP contribution in [-0.2, 0) is 11.3 Å². The zero-order valence-corrected chi connectivity index (χ0v) is 13.3. The van der Waals surface area contributed by atoms with Crippen molar-refractivity contribution in [3.63, 3.8) is 0 Å². The number of hydrogen-bond acceptors (Lipinski definition) is 6. The minimum atomic E-state index is -0.112. The van der Waals surface area contributed by atoms with Gasteiger partial charge in [-0.2, -0.15) is 10.2 Å². The van der Waals surface area contributed by atoms with Gasteiger partial charge in [-0.1, -0.05) is 11.2 Å². The lowest BCUT2D eigenvalue weighted by atomic mass is 10.1. The Hall–Kier alpha value is -3.40. The highest BCUT2D eigenvalue weighted by molar-refractivity contribution is 5.79. The van der Waals surface area contributed by atoms with Gasteiger partial charge in [0, 0.05) is 24.4 Å². The van der Waals surface area contributed by atoms with Gasteiger partial charge >= 0.3 is 0 Å². The highest BCUT2D eigenvalue weighted by Gasteiger charge is 2.34. The predicted octanol–water partition coefficient (Wildman–Crippen LogP) is 2.72. The zero-order valence-electron chi connectivity index (χ0n) is 13.3. The SMILES string of the molecule is N#Cc1cccc(-c2nc(C3CC(=O)N(Cc4ccco4)C3)no2)c1. The predicted molar refractivity (Wildman–Crippen MR) is 85.9 cm³/mol. The van der Waals surface area contributed by atoms with Gasteiger partial charge in [-0.25, -0.2) is 0 Å². The van der Waals surface area contributed by atoms with Crippen LogP contribution >= 0.6 is 0 Å². The molecule has 1 fully saturated rings. The van der Waals surface area contributed by atoms with Crippen molar-refractivity contribution >= 4 is 5.91 Å². The summed E-state index contributed by atoms with van der Waals surface area (Å²) in [4.78, 5) is 18.4. The van der Waals surface area contributed by atoms with Crippen LogP contribution in [0.25, 0.3) is 11.5 Å². The molecular weight excluding hydrogens is 320 g/mol. The van der Waals surface area contributed by atoms with Crippen LogP contribution in [0.1, 0.15) is 29.5 Å². The Balaban J connectivity index is 1.51. The van der Waals surface area contributed by atoms with Crippen LogP contribution < -0.4 is 0 Å². The molecule has 0 radical (unpaired) electrons. The second-order valence-corrected chi connectivity index (χ2v) is 5.91.